The number of amides is 2. The molecule has 0 bridgehead atoms. The summed E-state index contributed by atoms with van der Waals surface area (Å²) in [6.45, 7) is 0. The number of para-hydroxylation sites is 1. The third-order valence-corrected chi connectivity index (χ3v) is 3.18. The Hall–Kier alpha value is -3.28. The third kappa shape index (κ3) is 4.36. The Kier molecular flexibility index (Phi) is 5.96. The van der Waals surface area contributed by atoms with Crippen LogP contribution in [0.1, 0.15) is 15.9 Å². The summed E-state index contributed by atoms with van der Waals surface area (Å²) >= 11 is 0. The molecule has 2 aromatic carbocycles. The Bertz CT molecular complexity index is 742. The molecule has 0 aliphatic rings. The van der Waals surface area contributed by atoms with Crippen molar-refractivity contribution < 1.29 is 19.1 Å². The van der Waals surface area contributed by atoms with E-state index in [-0.39, 0.29) is 0 Å². The molecule has 2 aromatic rings. The lowest BCUT2D eigenvalue weighted by Crippen LogP contribution is -2.40. The first kappa shape index (κ1) is 17.1. The number of nitrogens with one attached hydrogen (secondary N) is 2. The molecule has 0 heterocycles. The molecule has 2 amide bonds. The van der Waals surface area contributed by atoms with E-state index in [4.69, 9.17) is 9.47 Å². The van der Waals surface area contributed by atoms with Gasteiger partial charge in [-0.3, -0.25) is 20.4 Å². The minimum absolute atomic E-state index is 0.392. The van der Waals surface area contributed by atoms with E-state index in [0.29, 0.717) is 22.6 Å². The average Bonchev–Trinajstić information content (AvgIpc) is 2.64. The van der Waals surface area contributed by atoms with Gasteiger partial charge in [0.15, 0.2) is 11.5 Å². The lowest BCUT2D eigenvalue weighted by Gasteiger charge is -2.10. The summed E-state index contributed by atoms with van der Waals surface area (Å²) in [6.07, 6.45) is 2.87. The fourth-order valence-corrected chi connectivity index (χ4v) is 2.03. The summed E-state index contributed by atoms with van der Waals surface area (Å²) in [5, 5.41) is 0. The fourth-order valence-electron chi connectivity index (χ4n) is 2.03. The number of hydrogen-bond donors (Lipinski definition) is 2. The van der Waals surface area contributed by atoms with E-state index in [1.165, 1.54) is 20.3 Å². The smallest absolute Gasteiger partial charge is 0.269 e. The molecule has 0 spiro atoms. The normalized spacial score (nSPS) is 10.2. The van der Waals surface area contributed by atoms with Crippen molar-refractivity contribution in [3.63, 3.8) is 0 Å². The summed E-state index contributed by atoms with van der Waals surface area (Å²) in [6, 6.07) is 13.9. The van der Waals surface area contributed by atoms with Gasteiger partial charge < -0.3 is 9.47 Å². The highest BCUT2D eigenvalue weighted by Crippen LogP contribution is 2.31. The highest BCUT2D eigenvalue weighted by Gasteiger charge is 2.08. The van der Waals surface area contributed by atoms with Gasteiger partial charge >= 0.3 is 0 Å². The van der Waals surface area contributed by atoms with E-state index in [1.54, 1.807) is 54.6 Å². The second kappa shape index (κ2) is 8.38. The molecular weight excluding hydrogens is 308 g/mol. The molecule has 0 fully saturated rings. The third-order valence-electron chi connectivity index (χ3n) is 3.18. The Balaban J connectivity index is 1.97. The molecule has 0 aromatic heterocycles. The standard InChI is InChI=1S/C18H18N2O4/c1-23-15-10-6-9-13(17(15)24-2)11-12-16(21)19-20-18(22)14-7-4-3-5-8-14/h3-12H,1-2H3,(H,19,21)(H,20,22)/b12-11+. The summed E-state index contributed by atoms with van der Waals surface area (Å²) < 4.78 is 10.5. The first-order valence-corrected chi connectivity index (χ1v) is 7.20. The first-order chi connectivity index (χ1) is 11.7. The van der Waals surface area contributed by atoms with Gasteiger partial charge in [-0.15, -0.1) is 0 Å². The van der Waals surface area contributed by atoms with Crippen LogP contribution in [-0.2, 0) is 4.79 Å². The fraction of sp³-hybridized carbons (Fsp3) is 0.111. The lowest BCUT2D eigenvalue weighted by molar-refractivity contribution is -0.117. The highest BCUT2D eigenvalue weighted by atomic mass is 16.5. The number of methoxy groups -OCH3 is 2. The van der Waals surface area contributed by atoms with Crippen LogP contribution in [-0.4, -0.2) is 26.0 Å². The molecule has 0 atom stereocenters. The number of carbonyl (C=O) groups excluding carboxylic acids is 2. The minimum atomic E-state index is -0.468. The zero-order chi connectivity index (χ0) is 17.4. The van der Waals surface area contributed by atoms with Crippen LogP contribution in [0.15, 0.2) is 54.6 Å². The van der Waals surface area contributed by atoms with Gasteiger partial charge in [0.2, 0.25) is 0 Å². The van der Waals surface area contributed by atoms with Gasteiger partial charge in [-0.1, -0.05) is 30.3 Å². The van der Waals surface area contributed by atoms with Gasteiger partial charge in [0.25, 0.3) is 11.8 Å². The molecule has 124 valence electrons. The molecule has 0 aliphatic heterocycles. The number of benzene rings is 2. The Labute approximate surface area is 140 Å². The van der Waals surface area contributed by atoms with Crippen LogP contribution in [0.2, 0.25) is 0 Å². The zero-order valence-electron chi connectivity index (χ0n) is 13.4. The van der Waals surface area contributed by atoms with Crippen molar-refractivity contribution in [2.75, 3.05) is 14.2 Å². The van der Waals surface area contributed by atoms with Gasteiger partial charge in [0, 0.05) is 17.2 Å². The van der Waals surface area contributed by atoms with Gasteiger partial charge in [-0.25, -0.2) is 0 Å². The number of rotatable bonds is 5. The van der Waals surface area contributed by atoms with Crippen molar-refractivity contribution in [2.24, 2.45) is 0 Å². The van der Waals surface area contributed by atoms with E-state index in [0.717, 1.165) is 0 Å². The minimum Gasteiger partial charge on any atom is -0.493 e. The van der Waals surface area contributed by atoms with Crippen molar-refractivity contribution in [1.82, 2.24) is 10.9 Å². The molecule has 0 aliphatic carbocycles. The van der Waals surface area contributed by atoms with Crippen LogP contribution in [0.3, 0.4) is 0 Å². The molecular formula is C18H18N2O4. The summed E-state index contributed by atoms with van der Waals surface area (Å²) in [5.74, 6) is 0.232. The van der Waals surface area contributed by atoms with Gasteiger partial charge in [-0.05, 0) is 24.3 Å². The largest absolute Gasteiger partial charge is 0.493 e. The first-order valence-electron chi connectivity index (χ1n) is 7.20. The van der Waals surface area contributed by atoms with Gasteiger partial charge in [-0.2, -0.15) is 0 Å². The summed E-state index contributed by atoms with van der Waals surface area (Å²) in [4.78, 5) is 23.6. The van der Waals surface area contributed by atoms with Crippen molar-refractivity contribution in [1.29, 1.82) is 0 Å². The number of hydrazine groups is 1. The van der Waals surface area contributed by atoms with Gasteiger partial charge in [0.1, 0.15) is 0 Å². The number of hydrogen-bond acceptors (Lipinski definition) is 4. The van der Waals surface area contributed by atoms with Crippen LogP contribution in [0, 0.1) is 0 Å². The van der Waals surface area contributed by atoms with Crippen molar-refractivity contribution in [3.8, 4) is 11.5 Å². The maximum atomic E-state index is 11.8. The molecule has 2 rings (SSSR count). The van der Waals surface area contributed by atoms with Crippen LogP contribution in [0.25, 0.3) is 6.08 Å². The number of ether oxygens (including phenoxy) is 2. The van der Waals surface area contributed by atoms with Crippen LogP contribution in [0.5, 0.6) is 11.5 Å². The second-order valence-corrected chi connectivity index (χ2v) is 4.73. The van der Waals surface area contributed by atoms with Crippen molar-refractivity contribution in [3.05, 3.63) is 65.7 Å². The maximum absolute atomic E-state index is 11.8. The maximum Gasteiger partial charge on any atom is 0.269 e. The monoisotopic (exact) mass is 326 g/mol. The summed E-state index contributed by atoms with van der Waals surface area (Å²) in [7, 11) is 3.06. The van der Waals surface area contributed by atoms with Crippen molar-refractivity contribution in [2.45, 2.75) is 0 Å². The van der Waals surface area contributed by atoms with E-state index < -0.39 is 11.8 Å². The van der Waals surface area contributed by atoms with Crippen LogP contribution < -0.4 is 20.3 Å². The van der Waals surface area contributed by atoms with Crippen LogP contribution >= 0.6 is 0 Å². The number of carbonyl (C=O) groups is 2. The molecule has 0 unspecified atom stereocenters. The highest BCUT2D eigenvalue weighted by molar-refractivity contribution is 5.98. The van der Waals surface area contributed by atoms with Crippen LogP contribution in [0.4, 0.5) is 0 Å². The SMILES string of the molecule is COc1cccc(/C=C/C(=O)NNC(=O)c2ccccc2)c1OC. The second-order valence-electron chi connectivity index (χ2n) is 4.73. The zero-order valence-corrected chi connectivity index (χ0v) is 13.4. The molecule has 0 saturated carbocycles. The molecule has 0 saturated heterocycles. The quantitative estimate of drug-likeness (QED) is 0.652. The molecule has 0 radical (unpaired) electrons. The predicted molar refractivity (Wildman–Crippen MR) is 90.6 cm³/mol. The van der Waals surface area contributed by atoms with E-state index in [2.05, 4.69) is 10.9 Å². The topological polar surface area (TPSA) is 76.7 Å². The van der Waals surface area contributed by atoms with E-state index in [9.17, 15) is 9.59 Å². The molecule has 24 heavy (non-hydrogen) atoms. The van der Waals surface area contributed by atoms with E-state index in [1.807, 2.05) is 0 Å². The summed E-state index contributed by atoms with van der Waals surface area (Å²) in [5.41, 5.74) is 5.80. The molecule has 2 N–H and O–H groups in total. The Morgan fingerprint density at radius 1 is 0.917 bits per heavy atom. The predicted octanol–water partition coefficient (Wildman–Crippen LogP) is 2.18. The lowest BCUT2D eigenvalue weighted by atomic mass is 10.1. The molecule has 6 nitrogen and oxygen atoms in total. The Morgan fingerprint density at radius 2 is 1.67 bits per heavy atom. The average molecular weight is 326 g/mol. The Morgan fingerprint density at radius 3 is 2.33 bits per heavy atom. The molecule has 6 heteroatoms. The van der Waals surface area contributed by atoms with Crippen molar-refractivity contribution >= 4 is 17.9 Å². The van der Waals surface area contributed by atoms with Gasteiger partial charge in [0.05, 0.1) is 14.2 Å². The van der Waals surface area contributed by atoms with E-state index >= 15 is 0 Å².